The fraction of sp³-hybridized carbons (Fsp3) is 1.00. The molecular formula is C10H21NO2. The van der Waals surface area contributed by atoms with Gasteiger partial charge in [-0.1, -0.05) is 0 Å². The summed E-state index contributed by atoms with van der Waals surface area (Å²) in [5.74, 6) is 0. The highest BCUT2D eigenvalue weighted by atomic mass is 16.5. The van der Waals surface area contributed by atoms with Crippen LogP contribution in [0.4, 0.5) is 0 Å². The van der Waals surface area contributed by atoms with Crippen LogP contribution in [-0.2, 0) is 9.47 Å². The topological polar surface area (TPSA) is 30.5 Å². The lowest BCUT2D eigenvalue weighted by Crippen LogP contribution is -2.34. The first-order valence-electron chi connectivity index (χ1n) is 5.17. The summed E-state index contributed by atoms with van der Waals surface area (Å²) >= 11 is 0. The van der Waals surface area contributed by atoms with E-state index in [9.17, 15) is 0 Å². The molecule has 1 rings (SSSR count). The van der Waals surface area contributed by atoms with Gasteiger partial charge in [0.05, 0.1) is 6.10 Å². The van der Waals surface area contributed by atoms with Gasteiger partial charge in [-0.15, -0.1) is 0 Å². The molecule has 0 amide bonds. The predicted molar refractivity (Wildman–Crippen MR) is 52.9 cm³/mol. The fourth-order valence-electron chi connectivity index (χ4n) is 1.53. The van der Waals surface area contributed by atoms with Crippen molar-refractivity contribution in [1.29, 1.82) is 0 Å². The minimum atomic E-state index is 0.449. The molecule has 0 radical (unpaired) electrons. The Balaban J connectivity index is 1.97. The van der Waals surface area contributed by atoms with Crippen molar-refractivity contribution in [1.82, 2.24) is 5.32 Å². The van der Waals surface area contributed by atoms with E-state index in [-0.39, 0.29) is 0 Å². The molecule has 1 heterocycles. The lowest BCUT2D eigenvalue weighted by molar-refractivity contribution is 0.106. The van der Waals surface area contributed by atoms with Crippen molar-refractivity contribution in [3.8, 4) is 0 Å². The Labute approximate surface area is 80.8 Å². The van der Waals surface area contributed by atoms with E-state index < -0.39 is 0 Å². The number of ether oxygens (including phenoxy) is 2. The van der Waals surface area contributed by atoms with Crippen LogP contribution in [0.25, 0.3) is 0 Å². The average molecular weight is 187 g/mol. The van der Waals surface area contributed by atoms with Gasteiger partial charge < -0.3 is 14.8 Å². The van der Waals surface area contributed by atoms with Gasteiger partial charge in [0, 0.05) is 32.9 Å². The molecule has 1 aliphatic heterocycles. The maximum Gasteiger partial charge on any atom is 0.0700 e. The van der Waals surface area contributed by atoms with Crippen molar-refractivity contribution < 1.29 is 9.47 Å². The summed E-state index contributed by atoms with van der Waals surface area (Å²) in [5, 5.41) is 3.45. The minimum Gasteiger partial charge on any atom is -0.385 e. The SMILES string of the molecule is COCCC(C)NCC1CCCO1. The van der Waals surface area contributed by atoms with E-state index in [0.717, 1.165) is 26.2 Å². The number of nitrogens with one attached hydrogen (secondary N) is 1. The van der Waals surface area contributed by atoms with Crippen LogP contribution < -0.4 is 5.32 Å². The summed E-state index contributed by atoms with van der Waals surface area (Å²) in [4.78, 5) is 0. The average Bonchev–Trinajstić information content (AvgIpc) is 2.64. The second-order valence-electron chi connectivity index (χ2n) is 3.73. The molecule has 1 aliphatic rings. The van der Waals surface area contributed by atoms with Gasteiger partial charge >= 0.3 is 0 Å². The molecule has 0 aliphatic carbocycles. The molecule has 0 spiro atoms. The van der Waals surface area contributed by atoms with E-state index >= 15 is 0 Å². The summed E-state index contributed by atoms with van der Waals surface area (Å²) in [5.41, 5.74) is 0. The second kappa shape index (κ2) is 6.35. The summed E-state index contributed by atoms with van der Waals surface area (Å²) in [6.45, 7) is 4.96. The smallest absolute Gasteiger partial charge is 0.0700 e. The Morgan fingerprint density at radius 1 is 1.62 bits per heavy atom. The van der Waals surface area contributed by atoms with Gasteiger partial charge in [-0.2, -0.15) is 0 Å². The van der Waals surface area contributed by atoms with Crippen molar-refractivity contribution in [2.45, 2.75) is 38.3 Å². The molecule has 0 saturated carbocycles. The third-order valence-electron chi connectivity index (χ3n) is 2.47. The van der Waals surface area contributed by atoms with Gasteiger partial charge in [-0.05, 0) is 26.2 Å². The highest BCUT2D eigenvalue weighted by molar-refractivity contribution is 4.70. The van der Waals surface area contributed by atoms with Crippen molar-refractivity contribution in [2.75, 3.05) is 26.9 Å². The predicted octanol–water partition coefficient (Wildman–Crippen LogP) is 1.18. The van der Waals surface area contributed by atoms with E-state index in [0.29, 0.717) is 12.1 Å². The van der Waals surface area contributed by atoms with Crippen molar-refractivity contribution in [3.63, 3.8) is 0 Å². The number of methoxy groups -OCH3 is 1. The number of rotatable bonds is 6. The lowest BCUT2D eigenvalue weighted by atomic mass is 10.2. The van der Waals surface area contributed by atoms with Crippen molar-refractivity contribution in [2.24, 2.45) is 0 Å². The Bertz CT molecular complexity index is 124. The quantitative estimate of drug-likeness (QED) is 0.677. The Morgan fingerprint density at radius 3 is 3.08 bits per heavy atom. The van der Waals surface area contributed by atoms with Crippen LogP contribution >= 0.6 is 0 Å². The van der Waals surface area contributed by atoms with Crippen LogP contribution in [0.2, 0.25) is 0 Å². The highest BCUT2D eigenvalue weighted by Crippen LogP contribution is 2.10. The third-order valence-corrected chi connectivity index (χ3v) is 2.47. The summed E-state index contributed by atoms with van der Waals surface area (Å²) in [7, 11) is 1.74. The van der Waals surface area contributed by atoms with Crippen LogP contribution in [0, 0.1) is 0 Å². The largest absolute Gasteiger partial charge is 0.385 e. The molecule has 3 heteroatoms. The van der Waals surface area contributed by atoms with Crippen LogP contribution in [0.1, 0.15) is 26.2 Å². The second-order valence-corrected chi connectivity index (χ2v) is 3.73. The molecule has 13 heavy (non-hydrogen) atoms. The van der Waals surface area contributed by atoms with Gasteiger partial charge in [-0.25, -0.2) is 0 Å². The van der Waals surface area contributed by atoms with Gasteiger partial charge in [0.1, 0.15) is 0 Å². The molecule has 1 fully saturated rings. The van der Waals surface area contributed by atoms with Crippen LogP contribution in [-0.4, -0.2) is 39.0 Å². The van der Waals surface area contributed by atoms with Crippen LogP contribution in [0.15, 0.2) is 0 Å². The zero-order valence-electron chi connectivity index (χ0n) is 8.71. The van der Waals surface area contributed by atoms with Gasteiger partial charge in [0.25, 0.3) is 0 Å². The van der Waals surface area contributed by atoms with Crippen LogP contribution in [0.3, 0.4) is 0 Å². The lowest BCUT2D eigenvalue weighted by Gasteiger charge is -2.16. The Hall–Kier alpha value is -0.120. The van der Waals surface area contributed by atoms with Crippen LogP contribution in [0.5, 0.6) is 0 Å². The zero-order valence-corrected chi connectivity index (χ0v) is 8.71. The first kappa shape index (κ1) is 11.0. The molecule has 1 N–H and O–H groups in total. The van der Waals surface area contributed by atoms with E-state index in [1.165, 1.54) is 12.8 Å². The summed E-state index contributed by atoms with van der Waals surface area (Å²) < 4.78 is 10.5. The molecule has 0 aromatic heterocycles. The third kappa shape index (κ3) is 4.60. The zero-order chi connectivity index (χ0) is 9.52. The molecule has 0 bridgehead atoms. The molecule has 0 aromatic rings. The molecule has 0 aromatic carbocycles. The minimum absolute atomic E-state index is 0.449. The van der Waals surface area contributed by atoms with E-state index in [2.05, 4.69) is 12.2 Å². The Morgan fingerprint density at radius 2 is 2.46 bits per heavy atom. The van der Waals surface area contributed by atoms with E-state index in [1.807, 2.05) is 0 Å². The van der Waals surface area contributed by atoms with Gasteiger partial charge in [-0.3, -0.25) is 0 Å². The molecule has 2 unspecified atom stereocenters. The summed E-state index contributed by atoms with van der Waals surface area (Å²) in [6.07, 6.45) is 3.96. The number of hydrogen-bond donors (Lipinski definition) is 1. The highest BCUT2D eigenvalue weighted by Gasteiger charge is 2.15. The maximum absolute atomic E-state index is 5.51. The molecular weight excluding hydrogens is 166 g/mol. The van der Waals surface area contributed by atoms with E-state index in [1.54, 1.807) is 7.11 Å². The Kier molecular flexibility index (Phi) is 5.35. The van der Waals surface area contributed by atoms with E-state index in [4.69, 9.17) is 9.47 Å². The fourth-order valence-corrected chi connectivity index (χ4v) is 1.53. The monoisotopic (exact) mass is 187 g/mol. The normalized spacial score (nSPS) is 24.9. The van der Waals surface area contributed by atoms with Gasteiger partial charge in [0.2, 0.25) is 0 Å². The molecule has 78 valence electrons. The molecule has 1 saturated heterocycles. The first-order valence-corrected chi connectivity index (χ1v) is 5.17. The summed E-state index contributed by atoms with van der Waals surface area (Å²) in [6, 6.07) is 0.532. The first-order chi connectivity index (χ1) is 6.33. The van der Waals surface area contributed by atoms with Crippen molar-refractivity contribution in [3.05, 3.63) is 0 Å². The van der Waals surface area contributed by atoms with Gasteiger partial charge in [0.15, 0.2) is 0 Å². The number of hydrogen-bond acceptors (Lipinski definition) is 3. The molecule has 3 nitrogen and oxygen atoms in total. The van der Waals surface area contributed by atoms with Crippen molar-refractivity contribution >= 4 is 0 Å². The standard InChI is InChI=1S/C10H21NO2/c1-9(5-7-12-2)11-8-10-4-3-6-13-10/h9-11H,3-8H2,1-2H3. The maximum atomic E-state index is 5.51. The molecule has 2 atom stereocenters.